The molecule has 1 aliphatic heterocycles. The summed E-state index contributed by atoms with van der Waals surface area (Å²) in [6, 6.07) is 4.57. The predicted octanol–water partition coefficient (Wildman–Crippen LogP) is 1.81. The highest BCUT2D eigenvalue weighted by Crippen LogP contribution is 2.24. The first-order valence-electron chi connectivity index (χ1n) is 9.86. The molecule has 9 heteroatoms. The minimum Gasteiger partial charge on any atom is -0.356 e. The molecule has 0 radical (unpaired) electrons. The Balaban J connectivity index is 1.93. The molecule has 1 aliphatic rings. The number of rotatable bonds is 13. The molecule has 1 aromatic rings. The van der Waals surface area contributed by atoms with Gasteiger partial charge >= 0.3 is 0 Å². The van der Waals surface area contributed by atoms with Crippen LogP contribution in [-0.4, -0.2) is 76.7 Å². The number of amides is 3. The van der Waals surface area contributed by atoms with Gasteiger partial charge in [-0.3, -0.25) is 19.3 Å². The molecule has 1 N–H and O–H groups in total. The average molecular weight is 422 g/mol. The molecule has 2 rings (SSSR count). The van der Waals surface area contributed by atoms with Gasteiger partial charge in [-0.05, 0) is 31.0 Å². The molecule has 30 heavy (non-hydrogen) atoms. The lowest BCUT2D eigenvalue weighted by Crippen LogP contribution is -2.31. The Morgan fingerprint density at radius 3 is 2.07 bits per heavy atom. The Labute approximate surface area is 176 Å². The summed E-state index contributed by atoms with van der Waals surface area (Å²) in [5.41, 5.74) is 0.904. The first-order chi connectivity index (χ1) is 14.5. The minimum atomic E-state index is -0.390. The average Bonchev–Trinajstić information content (AvgIpc) is 3.00. The molecule has 0 bridgehead atoms. The van der Waals surface area contributed by atoms with E-state index in [9.17, 15) is 14.4 Å². The zero-order valence-electron chi connectivity index (χ0n) is 17.9. The van der Waals surface area contributed by atoms with Crippen molar-refractivity contribution in [2.45, 2.75) is 38.3 Å². The van der Waals surface area contributed by atoms with E-state index < -0.39 is 0 Å². The number of imide groups is 1. The van der Waals surface area contributed by atoms with Gasteiger partial charge in [0.1, 0.15) is 0 Å². The molecule has 3 amide bonds. The van der Waals surface area contributed by atoms with Crippen LogP contribution in [0.3, 0.4) is 0 Å². The van der Waals surface area contributed by atoms with Crippen molar-refractivity contribution in [1.82, 2.24) is 10.2 Å². The highest BCUT2D eigenvalue weighted by molar-refractivity contribution is 6.22. The molecular formula is C21H30N2O7. The fourth-order valence-electron chi connectivity index (χ4n) is 3.29. The molecule has 1 heterocycles. The quantitative estimate of drug-likeness (QED) is 0.294. The van der Waals surface area contributed by atoms with Crippen LogP contribution in [0.1, 0.15) is 56.8 Å². The molecule has 0 aliphatic carbocycles. The van der Waals surface area contributed by atoms with E-state index in [1.807, 2.05) is 0 Å². The van der Waals surface area contributed by atoms with Crippen molar-refractivity contribution < 1.29 is 33.3 Å². The highest BCUT2D eigenvalue weighted by Gasteiger charge is 2.35. The van der Waals surface area contributed by atoms with Crippen molar-refractivity contribution >= 4 is 17.7 Å². The summed E-state index contributed by atoms with van der Waals surface area (Å²) in [6.07, 6.45) is 1.75. The number of carbonyl (C=O) groups excluding carboxylic acids is 3. The maximum Gasteiger partial charge on any atom is 0.261 e. The van der Waals surface area contributed by atoms with Crippen molar-refractivity contribution in [1.29, 1.82) is 0 Å². The fourth-order valence-corrected chi connectivity index (χ4v) is 3.29. The first-order valence-corrected chi connectivity index (χ1v) is 9.86. The lowest BCUT2D eigenvalue weighted by Gasteiger charge is -2.16. The van der Waals surface area contributed by atoms with E-state index in [2.05, 4.69) is 5.32 Å². The number of hydrogen-bond donors (Lipinski definition) is 1. The fraction of sp³-hybridized carbons (Fsp3) is 0.571. The summed E-state index contributed by atoms with van der Waals surface area (Å²) >= 11 is 0. The van der Waals surface area contributed by atoms with Crippen LogP contribution in [0.4, 0.5) is 0 Å². The number of nitrogens with zero attached hydrogens (tertiary/aromatic N) is 1. The lowest BCUT2D eigenvalue weighted by atomic mass is 10.1. The van der Waals surface area contributed by atoms with Gasteiger partial charge in [-0.25, -0.2) is 0 Å². The summed E-state index contributed by atoms with van der Waals surface area (Å²) in [5, 5.41) is 2.80. The van der Waals surface area contributed by atoms with E-state index in [1.54, 1.807) is 20.3 Å². The van der Waals surface area contributed by atoms with E-state index in [1.165, 1.54) is 31.3 Å². The number of ether oxygens (including phenoxy) is 4. The molecule has 0 saturated carbocycles. The molecule has 0 fully saturated rings. The van der Waals surface area contributed by atoms with Crippen LogP contribution in [0.15, 0.2) is 18.2 Å². The summed E-state index contributed by atoms with van der Waals surface area (Å²) in [7, 11) is 6.20. The Bertz CT molecular complexity index is 745. The Kier molecular flexibility index (Phi) is 9.38. The van der Waals surface area contributed by atoms with Gasteiger partial charge in [0.25, 0.3) is 17.7 Å². The Morgan fingerprint density at radius 1 is 0.900 bits per heavy atom. The topological polar surface area (TPSA) is 103 Å². The van der Waals surface area contributed by atoms with Gasteiger partial charge in [-0.1, -0.05) is 0 Å². The second-order valence-corrected chi connectivity index (χ2v) is 6.86. The number of carbonyl (C=O) groups is 3. The molecular weight excluding hydrogens is 392 g/mol. The van der Waals surface area contributed by atoms with E-state index in [0.29, 0.717) is 43.4 Å². The molecule has 0 saturated heterocycles. The van der Waals surface area contributed by atoms with Gasteiger partial charge in [0.05, 0.1) is 11.1 Å². The van der Waals surface area contributed by atoms with Crippen LogP contribution in [0.25, 0.3) is 0 Å². The highest BCUT2D eigenvalue weighted by atomic mass is 16.7. The van der Waals surface area contributed by atoms with Crippen molar-refractivity contribution in [3.8, 4) is 0 Å². The Hall–Kier alpha value is -2.33. The minimum absolute atomic E-state index is 0.251. The van der Waals surface area contributed by atoms with Crippen LogP contribution in [0.2, 0.25) is 0 Å². The normalized spacial score (nSPS) is 13.5. The molecule has 0 atom stereocenters. The molecule has 166 valence electrons. The monoisotopic (exact) mass is 422 g/mol. The van der Waals surface area contributed by atoms with Crippen molar-refractivity contribution in [3.05, 3.63) is 34.9 Å². The lowest BCUT2D eigenvalue weighted by molar-refractivity contribution is -0.107. The number of methoxy groups -OCH3 is 4. The molecule has 0 aromatic heterocycles. The van der Waals surface area contributed by atoms with E-state index in [4.69, 9.17) is 18.9 Å². The van der Waals surface area contributed by atoms with Gasteiger partial charge in [0.15, 0.2) is 12.6 Å². The van der Waals surface area contributed by atoms with Crippen LogP contribution in [0, 0.1) is 0 Å². The second-order valence-electron chi connectivity index (χ2n) is 6.86. The zero-order chi connectivity index (χ0) is 22.1. The van der Waals surface area contributed by atoms with Crippen LogP contribution < -0.4 is 5.32 Å². The maximum atomic E-state index is 12.7. The first kappa shape index (κ1) is 23.9. The van der Waals surface area contributed by atoms with E-state index >= 15 is 0 Å². The largest absolute Gasteiger partial charge is 0.356 e. The number of nitrogens with one attached hydrogen (secondary N) is 1. The molecule has 0 unspecified atom stereocenters. The molecule has 1 aromatic carbocycles. The van der Waals surface area contributed by atoms with E-state index in [0.717, 1.165) is 0 Å². The van der Waals surface area contributed by atoms with Crippen LogP contribution >= 0.6 is 0 Å². The predicted molar refractivity (Wildman–Crippen MR) is 108 cm³/mol. The Morgan fingerprint density at radius 2 is 1.47 bits per heavy atom. The number of fused-ring (bicyclic) bond motifs is 1. The summed E-state index contributed by atoms with van der Waals surface area (Å²) < 4.78 is 20.4. The van der Waals surface area contributed by atoms with Crippen molar-refractivity contribution in [2.75, 3.05) is 41.5 Å². The van der Waals surface area contributed by atoms with Gasteiger partial charge in [-0.15, -0.1) is 0 Å². The number of benzene rings is 1. The third-order valence-electron chi connectivity index (χ3n) is 5.01. The molecule has 0 spiro atoms. The van der Waals surface area contributed by atoms with Gasteiger partial charge in [-0.2, -0.15) is 0 Å². The smallest absolute Gasteiger partial charge is 0.261 e. The van der Waals surface area contributed by atoms with Crippen LogP contribution in [0.5, 0.6) is 0 Å². The molecule has 9 nitrogen and oxygen atoms in total. The van der Waals surface area contributed by atoms with E-state index in [-0.39, 0.29) is 42.4 Å². The summed E-state index contributed by atoms with van der Waals surface area (Å²) in [5.74, 6) is -1.04. The second kappa shape index (κ2) is 11.8. The van der Waals surface area contributed by atoms with Gasteiger partial charge < -0.3 is 24.3 Å². The third-order valence-corrected chi connectivity index (χ3v) is 5.01. The standard InChI is InChI=1S/C21H30N2O7/c1-27-17(28-2)7-5-11-22-19(24)14-9-10-15-16(13-14)21(26)23(20(15)25)12-6-8-18(29-3)30-4/h9-10,13,17-18H,5-8,11-12H2,1-4H3,(H,22,24). The van der Waals surface area contributed by atoms with Crippen LogP contribution in [-0.2, 0) is 18.9 Å². The third kappa shape index (κ3) is 5.85. The zero-order valence-corrected chi connectivity index (χ0v) is 17.9. The maximum absolute atomic E-state index is 12.7. The van der Waals surface area contributed by atoms with Crippen molar-refractivity contribution in [2.24, 2.45) is 0 Å². The summed E-state index contributed by atoms with van der Waals surface area (Å²) in [6.45, 7) is 0.704. The van der Waals surface area contributed by atoms with Crippen molar-refractivity contribution in [3.63, 3.8) is 0 Å². The summed E-state index contributed by atoms with van der Waals surface area (Å²) in [4.78, 5) is 38.8. The SMILES string of the molecule is COC(CCCNC(=O)c1ccc2c(c1)C(=O)N(CCCC(OC)OC)C2=O)OC. The number of hydrogen-bond acceptors (Lipinski definition) is 7. The van der Waals surface area contributed by atoms with Gasteiger partial charge in [0.2, 0.25) is 0 Å². The van der Waals surface area contributed by atoms with Gasteiger partial charge in [0, 0.05) is 59.9 Å².